The van der Waals surface area contributed by atoms with Gasteiger partial charge in [-0.3, -0.25) is 11.3 Å². The normalized spacial score (nSPS) is 12.6. The van der Waals surface area contributed by atoms with E-state index in [2.05, 4.69) is 36.6 Å². The van der Waals surface area contributed by atoms with Crippen LogP contribution in [0.25, 0.3) is 0 Å². The van der Waals surface area contributed by atoms with E-state index in [1.54, 1.807) is 7.11 Å². The van der Waals surface area contributed by atoms with Crippen molar-refractivity contribution in [1.29, 1.82) is 0 Å². The van der Waals surface area contributed by atoms with E-state index in [1.165, 1.54) is 11.1 Å². The minimum absolute atomic E-state index is 0.138. The molecule has 1 atom stereocenters. The zero-order valence-electron chi connectivity index (χ0n) is 11.3. The first-order valence-corrected chi connectivity index (χ1v) is 6.43. The first kappa shape index (κ1) is 15.1. The van der Waals surface area contributed by atoms with E-state index in [0.717, 1.165) is 12.8 Å². The Labute approximate surface area is 109 Å². The highest BCUT2D eigenvalue weighted by atomic mass is 16.5. The minimum Gasteiger partial charge on any atom is -0.382 e. The fourth-order valence-electron chi connectivity index (χ4n) is 1.82. The molecule has 4 heteroatoms. The average molecular weight is 252 g/mol. The lowest BCUT2D eigenvalue weighted by molar-refractivity contribution is 0.0657. The second-order valence-electron chi connectivity index (χ2n) is 4.21. The minimum atomic E-state index is 0.138. The number of nitrogens with two attached hydrogens (primary N) is 1. The Bertz CT molecular complexity index is 331. The number of benzene rings is 1. The van der Waals surface area contributed by atoms with Crippen molar-refractivity contribution in [3.8, 4) is 0 Å². The Morgan fingerprint density at radius 2 is 2.11 bits per heavy atom. The van der Waals surface area contributed by atoms with Gasteiger partial charge in [0.05, 0.1) is 13.2 Å². The van der Waals surface area contributed by atoms with Crippen LogP contribution in [0.4, 0.5) is 0 Å². The Kier molecular flexibility index (Phi) is 7.60. The van der Waals surface area contributed by atoms with Gasteiger partial charge in [0.15, 0.2) is 0 Å². The summed E-state index contributed by atoms with van der Waals surface area (Å²) >= 11 is 0. The molecule has 0 aromatic heterocycles. The first-order chi connectivity index (χ1) is 8.81. The maximum Gasteiger partial charge on any atom is 0.0700 e. The molecule has 3 N–H and O–H groups in total. The summed E-state index contributed by atoms with van der Waals surface area (Å²) in [5.74, 6) is 5.61. The molecule has 0 aliphatic carbocycles. The summed E-state index contributed by atoms with van der Waals surface area (Å²) in [7, 11) is 1.67. The fourth-order valence-corrected chi connectivity index (χ4v) is 1.82. The lowest BCUT2D eigenvalue weighted by Crippen LogP contribution is -2.29. The molecule has 0 radical (unpaired) electrons. The molecule has 0 fully saturated rings. The van der Waals surface area contributed by atoms with Gasteiger partial charge in [0.1, 0.15) is 0 Å². The van der Waals surface area contributed by atoms with Crippen molar-refractivity contribution < 1.29 is 9.47 Å². The van der Waals surface area contributed by atoms with Gasteiger partial charge in [-0.05, 0) is 24.0 Å². The second kappa shape index (κ2) is 9.05. The van der Waals surface area contributed by atoms with E-state index in [1.807, 2.05) is 0 Å². The summed E-state index contributed by atoms with van der Waals surface area (Å²) in [5, 5.41) is 0. The molecule has 102 valence electrons. The van der Waals surface area contributed by atoms with Gasteiger partial charge >= 0.3 is 0 Å². The third kappa shape index (κ3) is 5.14. The molecule has 0 heterocycles. The van der Waals surface area contributed by atoms with Gasteiger partial charge in [0.25, 0.3) is 0 Å². The van der Waals surface area contributed by atoms with Crippen molar-refractivity contribution in [1.82, 2.24) is 5.43 Å². The second-order valence-corrected chi connectivity index (χ2v) is 4.21. The Morgan fingerprint density at radius 3 is 2.78 bits per heavy atom. The van der Waals surface area contributed by atoms with Crippen molar-refractivity contribution in [2.75, 3.05) is 26.9 Å². The SMILES string of the molecule is CCc1cccc(C(CCOCCOC)NN)c1. The molecule has 0 amide bonds. The third-order valence-corrected chi connectivity index (χ3v) is 2.95. The van der Waals surface area contributed by atoms with Crippen molar-refractivity contribution >= 4 is 0 Å². The maximum atomic E-state index is 5.61. The monoisotopic (exact) mass is 252 g/mol. The zero-order valence-corrected chi connectivity index (χ0v) is 11.3. The Morgan fingerprint density at radius 1 is 1.28 bits per heavy atom. The molecule has 18 heavy (non-hydrogen) atoms. The molecular weight excluding hydrogens is 228 g/mol. The molecule has 4 nitrogen and oxygen atoms in total. The Balaban J connectivity index is 2.44. The predicted octanol–water partition coefficient (Wildman–Crippen LogP) is 1.81. The van der Waals surface area contributed by atoms with E-state index in [-0.39, 0.29) is 6.04 Å². The number of hydrogen-bond acceptors (Lipinski definition) is 4. The van der Waals surface area contributed by atoms with Crippen LogP contribution in [-0.4, -0.2) is 26.9 Å². The molecule has 1 unspecified atom stereocenters. The molecule has 1 aromatic carbocycles. The molecule has 0 bridgehead atoms. The van der Waals surface area contributed by atoms with E-state index in [9.17, 15) is 0 Å². The number of methoxy groups -OCH3 is 1. The van der Waals surface area contributed by atoms with Crippen molar-refractivity contribution in [2.45, 2.75) is 25.8 Å². The van der Waals surface area contributed by atoms with Crippen molar-refractivity contribution in [3.63, 3.8) is 0 Å². The standard InChI is InChI=1S/C14H24N2O2/c1-3-12-5-4-6-13(11-12)14(16-15)7-8-18-10-9-17-2/h4-6,11,14,16H,3,7-10,15H2,1-2H3. The molecule has 0 saturated heterocycles. The number of nitrogens with one attached hydrogen (secondary N) is 1. The highest BCUT2D eigenvalue weighted by Gasteiger charge is 2.09. The van der Waals surface area contributed by atoms with Crippen LogP contribution in [0, 0.1) is 0 Å². The summed E-state index contributed by atoms with van der Waals surface area (Å²) in [4.78, 5) is 0. The number of ether oxygens (including phenoxy) is 2. The lowest BCUT2D eigenvalue weighted by Gasteiger charge is -2.17. The molecule has 0 saturated carbocycles. The van der Waals surface area contributed by atoms with Gasteiger partial charge in [-0.25, -0.2) is 0 Å². The number of aryl methyl sites for hydroxylation is 1. The first-order valence-electron chi connectivity index (χ1n) is 6.43. The topological polar surface area (TPSA) is 56.5 Å². The number of hydrogen-bond donors (Lipinski definition) is 2. The Hall–Kier alpha value is -0.940. The number of rotatable bonds is 9. The molecule has 0 aliphatic heterocycles. The largest absolute Gasteiger partial charge is 0.382 e. The molecule has 1 rings (SSSR count). The van der Waals surface area contributed by atoms with Crippen LogP contribution in [0.1, 0.15) is 30.5 Å². The van der Waals surface area contributed by atoms with Crippen LogP contribution < -0.4 is 11.3 Å². The van der Waals surface area contributed by atoms with Crippen LogP contribution in [0.5, 0.6) is 0 Å². The summed E-state index contributed by atoms with van der Waals surface area (Å²) in [6, 6.07) is 8.63. The number of hydrazine groups is 1. The van der Waals surface area contributed by atoms with Gasteiger partial charge < -0.3 is 9.47 Å². The highest BCUT2D eigenvalue weighted by molar-refractivity contribution is 5.25. The highest BCUT2D eigenvalue weighted by Crippen LogP contribution is 2.17. The van der Waals surface area contributed by atoms with Gasteiger partial charge in [-0.15, -0.1) is 0 Å². The van der Waals surface area contributed by atoms with Crippen LogP contribution in [0.2, 0.25) is 0 Å². The summed E-state index contributed by atoms with van der Waals surface area (Å²) in [6.45, 7) is 4.08. The zero-order chi connectivity index (χ0) is 13.2. The van der Waals surface area contributed by atoms with Crippen LogP contribution in [0.3, 0.4) is 0 Å². The van der Waals surface area contributed by atoms with Crippen LogP contribution in [0.15, 0.2) is 24.3 Å². The summed E-state index contributed by atoms with van der Waals surface area (Å²) in [5.41, 5.74) is 5.39. The average Bonchev–Trinajstić information content (AvgIpc) is 2.43. The van der Waals surface area contributed by atoms with Gasteiger partial charge in [-0.2, -0.15) is 0 Å². The van der Waals surface area contributed by atoms with E-state index >= 15 is 0 Å². The fraction of sp³-hybridized carbons (Fsp3) is 0.571. The summed E-state index contributed by atoms with van der Waals surface area (Å²) in [6.07, 6.45) is 1.89. The van der Waals surface area contributed by atoms with Crippen molar-refractivity contribution in [3.05, 3.63) is 35.4 Å². The molecule has 1 aromatic rings. The molecule has 0 aliphatic rings. The predicted molar refractivity (Wildman–Crippen MR) is 73.2 cm³/mol. The smallest absolute Gasteiger partial charge is 0.0700 e. The molecule has 0 spiro atoms. The van der Waals surface area contributed by atoms with E-state index < -0.39 is 0 Å². The van der Waals surface area contributed by atoms with Crippen LogP contribution >= 0.6 is 0 Å². The third-order valence-electron chi connectivity index (χ3n) is 2.95. The van der Waals surface area contributed by atoms with Crippen LogP contribution in [-0.2, 0) is 15.9 Å². The van der Waals surface area contributed by atoms with E-state index in [4.69, 9.17) is 15.3 Å². The quantitative estimate of drug-likeness (QED) is 0.400. The summed E-state index contributed by atoms with van der Waals surface area (Å²) < 4.78 is 10.4. The van der Waals surface area contributed by atoms with Gasteiger partial charge in [0, 0.05) is 19.8 Å². The molecular formula is C14H24N2O2. The van der Waals surface area contributed by atoms with Gasteiger partial charge in [0.2, 0.25) is 0 Å². The van der Waals surface area contributed by atoms with E-state index in [0.29, 0.717) is 19.8 Å². The lowest BCUT2D eigenvalue weighted by atomic mass is 10.0. The van der Waals surface area contributed by atoms with Crippen molar-refractivity contribution in [2.24, 2.45) is 5.84 Å². The van der Waals surface area contributed by atoms with Gasteiger partial charge in [-0.1, -0.05) is 31.2 Å². The maximum absolute atomic E-state index is 5.61.